The van der Waals surface area contributed by atoms with Crippen molar-refractivity contribution in [3.05, 3.63) is 23.7 Å². The Hall–Kier alpha value is -1.82. The number of carbonyl (C=O) groups is 2. The summed E-state index contributed by atoms with van der Waals surface area (Å²) in [6.07, 6.45) is -1.33. The molecule has 0 aromatic carbocycles. The van der Waals surface area contributed by atoms with E-state index in [0.717, 1.165) is 7.05 Å². The quantitative estimate of drug-likeness (QED) is 0.815. The van der Waals surface area contributed by atoms with Gasteiger partial charge in [0.2, 0.25) is 0 Å². The number of ether oxygens (including phenoxy) is 1. The van der Waals surface area contributed by atoms with Crippen LogP contribution in [0.15, 0.2) is 16.5 Å². The average Bonchev–Trinajstić information content (AvgIpc) is 2.64. The van der Waals surface area contributed by atoms with E-state index in [4.69, 9.17) is 14.3 Å². The minimum Gasteiger partial charge on any atom is -0.465 e. The van der Waals surface area contributed by atoms with Crippen molar-refractivity contribution in [2.24, 2.45) is 0 Å². The largest absolute Gasteiger partial charge is 0.465 e. The smallest absolute Gasteiger partial charge is 0.414 e. The van der Waals surface area contributed by atoms with Gasteiger partial charge in [0, 0.05) is 14.2 Å². The van der Waals surface area contributed by atoms with Gasteiger partial charge < -0.3 is 14.3 Å². The molecule has 1 heterocycles. The van der Waals surface area contributed by atoms with Gasteiger partial charge in [-0.25, -0.2) is 9.69 Å². The molecule has 6 nitrogen and oxygen atoms in total. The first-order valence-electron chi connectivity index (χ1n) is 4.15. The Bertz CT molecular complexity index is 370. The summed E-state index contributed by atoms with van der Waals surface area (Å²) in [7, 11) is 2.65. The van der Waals surface area contributed by atoms with Gasteiger partial charge in [0.25, 0.3) is 5.91 Å². The summed E-state index contributed by atoms with van der Waals surface area (Å²) in [5.41, 5.74) is 0. The highest BCUT2D eigenvalue weighted by Crippen LogP contribution is 2.10. The van der Waals surface area contributed by atoms with E-state index < -0.39 is 12.0 Å². The number of nitrogens with zero attached hydrogens (tertiary/aromatic N) is 1. The molecule has 0 bridgehead atoms. The monoisotopic (exact) mass is 213 g/mol. The van der Waals surface area contributed by atoms with Gasteiger partial charge in [-0.05, 0) is 12.1 Å². The molecule has 0 saturated heterocycles. The van der Waals surface area contributed by atoms with E-state index in [1.807, 2.05) is 0 Å². The topological polar surface area (TPSA) is 80.0 Å². The molecule has 0 fully saturated rings. The van der Waals surface area contributed by atoms with Crippen LogP contribution in [0.3, 0.4) is 0 Å². The Kier molecular flexibility index (Phi) is 3.46. The van der Waals surface area contributed by atoms with Crippen molar-refractivity contribution in [3.63, 3.8) is 0 Å². The van der Waals surface area contributed by atoms with Gasteiger partial charge >= 0.3 is 6.09 Å². The third kappa shape index (κ3) is 2.57. The molecule has 15 heavy (non-hydrogen) atoms. The van der Waals surface area contributed by atoms with E-state index in [-0.39, 0.29) is 12.4 Å². The summed E-state index contributed by atoms with van der Waals surface area (Å²) in [5.74, 6) is -0.253. The number of hydrogen-bond acceptors (Lipinski definition) is 4. The van der Waals surface area contributed by atoms with Gasteiger partial charge in [0.15, 0.2) is 5.76 Å². The molecule has 0 atom stereocenters. The second kappa shape index (κ2) is 4.61. The molecule has 2 amide bonds. The first-order valence-corrected chi connectivity index (χ1v) is 4.15. The Morgan fingerprint density at radius 2 is 2.20 bits per heavy atom. The van der Waals surface area contributed by atoms with Crippen LogP contribution in [0.4, 0.5) is 4.79 Å². The molecule has 0 unspecified atom stereocenters. The molecule has 1 N–H and O–H groups in total. The summed E-state index contributed by atoms with van der Waals surface area (Å²) in [6, 6.07) is 2.97. The van der Waals surface area contributed by atoms with Gasteiger partial charge in [-0.2, -0.15) is 0 Å². The standard InChI is InChI=1S/C9H11NO5/c1-10(9(12)13)8(11)7-4-3-6(15-7)5-14-2/h3-4H,5H2,1-2H3,(H,12,13). The molecule has 0 aliphatic carbocycles. The Labute approximate surface area is 86.0 Å². The van der Waals surface area contributed by atoms with Crippen LogP contribution in [0.25, 0.3) is 0 Å². The SMILES string of the molecule is COCc1ccc(C(=O)N(C)C(=O)O)o1. The number of methoxy groups -OCH3 is 1. The maximum atomic E-state index is 11.4. The molecule has 82 valence electrons. The van der Waals surface area contributed by atoms with Crippen LogP contribution in [0.2, 0.25) is 0 Å². The number of rotatable bonds is 3. The Balaban J connectivity index is 2.78. The third-order valence-electron chi connectivity index (χ3n) is 1.75. The van der Waals surface area contributed by atoms with E-state index in [9.17, 15) is 9.59 Å². The van der Waals surface area contributed by atoms with E-state index in [0.29, 0.717) is 10.7 Å². The van der Waals surface area contributed by atoms with Gasteiger partial charge in [-0.15, -0.1) is 0 Å². The molecule has 1 aromatic rings. The maximum Gasteiger partial charge on any atom is 0.414 e. The highest BCUT2D eigenvalue weighted by Gasteiger charge is 2.20. The number of carbonyl (C=O) groups excluding carboxylic acids is 1. The van der Waals surface area contributed by atoms with E-state index in [1.54, 1.807) is 6.07 Å². The van der Waals surface area contributed by atoms with E-state index >= 15 is 0 Å². The normalized spacial score (nSPS) is 10.0. The minimum atomic E-state index is -1.33. The number of furan rings is 1. The lowest BCUT2D eigenvalue weighted by Gasteiger charge is -2.07. The van der Waals surface area contributed by atoms with Crippen LogP contribution in [0, 0.1) is 0 Å². The summed E-state index contributed by atoms with van der Waals surface area (Å²) in [6.45, 7) is 0.240. The Morgan fingerprint density at radius 1 is 1.53 bits per heavy atom. The van der Waals surface area contributed by atoms with Crippen LogP contribution in [0.5, 0.6) is 0 Å². The van der Waals surface area contributed by atoms with Crippen molar-refractivity contribution in [3.8, 4) is 0 Å². The minimum absolute atomic E-state index is 0.0213. The fourth-order valence-corrected chi connectivity index (χ4v) is 0.965. The average molecular weight is 213 g/mol. The van der Waals surface area contributed by atoms with Crippen LogP contribution in [-0.4, -0.2) is 36.2 Å². The van der Waals surface area contributed by atoms with Crippen molar-refractivity contribution in [1.82, 2.24) is 4.90 Å². The van der Waals surface area contributed by atoms with Gasteiger partial charge in [0.05, 0.1) is 0 Å². The van der Waals surface area contributed by atoms with Crippen molar-refractivity contribution in [2.75, 3.05) is 14.2 Å². The summed E-state index contributed by atoms with van der Waals surface area (Å²) < 4.78 is 9.87. The van der Waals surface area contributed by atoms with Crippen LogP contribution in [0.1, 0.15) is 16.3 Å². The summed E-state index contributed by atoms with van der Waals surface area (Å²) >= 11 is 0. The molecular weight excluding hydrogens is 202 g/mol. The second-order valence-electron chi connectivity index (χ2n) is 2.85. The second-order valence-corrected chi connectivity index (χ2v) is 2.85. The maximum absolute atomic E-state index is 11.4. The molecule has 0 spiro atoms. The number of hydrogen-bond donors (Lipinski definition) is 1. The summed E-state index contributed by atoms with van der Waals surface area (Å²) in [5, 5.41) is 8.56. The molecule has 0 radical (unpaired) electrons. The molecular formula is C9H11NO5. The van der Waals surface area contributed by atoms with Crippen LogP contribution >= 0.6 is 0 Å². The van der Waals surface area contributed by atoms with Crippen molar-refractivity contribution in [1.29, 1.82) is 0 Å². The molecule has 6 heteroatoms. The van der Waals surface area contributed by atoms with Gasteiger partial charge in [-0.3, -0.25) is 4.79 Å². The highest BCUT2D eigenvalue weighted by molar-refractivity contribution is 6.00. The molecule has 1 rings (SSSR count). The number of carboxylic acid groups (broad SMARTS) is 1. The zero-order valence-corrected chi connectivity index (χ0v) is 8.39. The lowest BCUT2D eigenvalue weighted by atomic mass is 10.4. The van der Waals surface area contributed by atoms with Crippen molar-refractivity contribution >= 4 is 12.0 Å². The Morgan fingerprint density at radius 3 is 2.73 bits per heavy atom. The molecule has 0 aliphatic heterocycles. The molecule has 1 aromatic heterocycles. The van der Waals surface area contributed by atoms with Crippen molar-refractivity contribution < 1.29 is 23.8 Å². The zero-order valence-electron chi connectivity index (χ0n) is 8.39. The first-order chi connectivity index (χ1) is 7.06. The lowest BCUT2D eigenvalue weighted by Crippen LogP contribution is -2.31. The van der Waals surface area contributed by atoms with Crippen LogP contribution in [-0.2, 0) is 11.3 Å². The van der Waals surface area contributed by atoms with Crippen molar-refractivity contribution in [2.45, 2.75) is 6.61 Å². The fourth-order valence-electron chi connectivity index (χ4n) is 0.965. The van der Waals surface area contributed by atoms with E-state index in [1.165, 1.54) is 13.2 Å². The summed E-state index contributed by atoms with van der Waals surface area (Å²) in [4.78, 5) is 22.5. The fraction of sp³-hybridized carbons (Fsp3) is 0.333. The molecule has 0 saturated carbocycles. The van der Waals surface area contributed by atoms with E-state index in [2.05, 4.69) is 0 Å². The van der Waals surface area contributed by atoms with Crippen LogP contribution < -0.4 is 0 Å². The zero-order chi connectivity index (χ0) is 11.4. The predicted octanol–water partition coefficient (Wildman–Crippen LogP) is 1.18. The number of amides is 2. The number of imide groups is 1. The lowest BCUT2D eigenvalue weighted by molar-refractivity contribution is 0.0744. The third-order valence-corrected chi connectivity index (χ3v) is 1.75. The highest BCUT2D eigenvalue weighted by atomic mass is 16.5. The van der Waals surface area contributed by atoms with Gasteiger partial charge in [0.1, 0.15) is 12.4 Å². The predicted molar refractivity (Wildman–Crippen MR) is 49.5 cm³/mol. The molecule has 0 aliphatic rings. The first kappa shape index (κ1) is 11.3. The van der Waals surface area contributed by atoms with Gasteiger partial charge in [-0.1, -0.05) is 0 Å².